The van der Waals surface area contributed by atoms with Gasteiger partial charge in [-0.05, 0) is 70.8 Å². The van der Waals surface area contributed by atoms with Gasteiger partial charge in [0, 0.05) is 44.5 Å². The van der Waals surface area contributed by atoms with Crippen LogP contribution in [0.25, 0.3) is 21.9 Å². The summed E-state index contributed by atoms with van der Waals surface area (Å²) in [5.74, 6) is -0.0651. The highest BCUT2D eigenvalue weighted by atomic mass is 16.6. The minimum absolute atomic E-state index is 0.0533. The zero-order chi connectivity index (χ0) is 24.4. The Morgan fingerprint density at radius 2 is 1.47 bits per heavy atom. The van der Waals surface area contributed by atoms with Crippen molar-refractivity contribution in [2.75, 3.05) is 26.0 Å². The van der Waals surface area contributed by atoms with Crippen molar-refractivity contribution in [2.45, 2.75) is 13.0 Å². The van der Waals surface area contributed by atoms with Gasteiger partial charge in [0.05, 0.1) is 11.0 Å². The summed E-state index contributed by atoms with van der Waals surface area (Å²) in [5, 5.41) is 13.1. The highest BCUT2D eigenvalue weighted by Crippen LogP contribution is 2.31. The van der Waals surface area contributed by atoms with E-state index in [-0.39, 0.29) is 17.6 Å². The molecular weight excluding hydrogens is 426 g/mol. The van der Waals surface area contributed by atoms with Gasteiger partial charge < -0.3 is 9.80 Å². The van der Waals surface area contributed by atoms with Crippen LogP contribution in [0, 0.1) is 10.1 Å². The molecule has 0 saturated carbocycles. The van der Waals surface area contributed by atoms with E-state index < -0.39 is 4.92 Å². The molecule has 0 aliphatic carbocycles. The number of benzene rings is 4. The molecule has 0 aliphatic heterocycles. The lowest BCUT2D eigenvalue weighted by Crippen LogP contribution is -2.29. The third-order valence-corrected chi connectivity index (χ3v) is 6.31. The first-order valence-corrected chi connectivity index (χ1v) is 11.1. The van der Waals surface area contributed by atoms with Crippen molar-refractivity contribution in [3.05, 3.63) is 106 Å². The van der Waals surface area contributed by atoms with Crippen molar-refractivity contribution in [1.82, 2.24) is 4.90 Å². The van der Waals surface area contributed by atoms with Gasteiger partial charge in [0.15, 0.2) is 0 Å². The second kappa shape index (κ2) is 9.35. The average molecular weight is 454 g/mol. The monoisotopic (exact) mass is 453 g/mol. The van der Waals surface area contributed by atoms with E-state index in [9.17, 15) is 14.9 Å². The van der Waals surface area contributed by atoms with Crippen molar-refractivity contribution in [2.24, 2.45) is 0 Å². The van der Waals surface area contributed by atoms with Gasteiger partial charge in [0.25, 0.3) is 11.6 Å². The minimum Gasteiger partial charge on any atom is -0.378 e. The Kier molecular flexibility index (Phi) is 6.32. The van der Waals surface area contributed by atoms with Gasteiger partial charge in [-0.15, -0.1) is 0 Å². The van der Waals surface area contributed by atoms with Crippen LogP contribution >= 0.6 is 0 Å². The molecule has 0 spiro atoms. The molecule has 4 rings (SSSR count). The molecule has 0 bridgehead atoms. The second-order valence-corrected chi connectivity index (χ2v) is 8.62. The maximum Gasteiger partial charge on any atom is 0.269 e. The van der Waals surface area contributed by atoms with E-state index in [0.717, 1.165) is 33.2 Å². The minimum atomic E-state index is -0.417. The summed E-state index contributed by atoms with van der Waals surface area (Å²) in [7, 11) is 5.87. The van der Waals surface area contributed by atoms with E-state index in [4.69, 9.17) is 0 Å². The number of non-ortho nitro benzene ring substituents is 1. The Labute approximate surface area is 199 Å². The van der Waals surface area contributed by atoms with Crippen LogP contribution in [-0.4, -0.2) is 36.9 Å². The fraction of sp³-hybridized carbons (Fsp3) is 0.179. The number of nitro benzene ring substituents is 1. The summed E-state index contributed by atoms with van der Waals surface area (Å²) in [6.07, 6.45) is 0. The van der Waals surface area contributed by atoms with Crippen LogP contribution < -0.4 is 4.90 Å². The van der Waals surface area contributed by atoms with Gasteiger partial charge >= 0.3 is 0 Å². The summed E-state index contributed by atoms with van der Waals surface area (Å²) in [6, 6.07) is 26.2. The number of amides is 1. The zero-order valence-electron chi connectivity index (χ0n) is 19.7. The Morgan fingerprint density at radius 3 is 2.06 bits per heavy atom. The van der Waals surface area contributed by atoms with E-state index in [2.05, 4.69) is 35.2 Å². The molecule has 4 aromatic carbocycles. The van der Waals surface area contributed by atoms with Crippen molar-refractivity contribution < 1.29 is 9.72 Å². The van der Waals surface area contributed by atoms with Crippen molar-refractivity contribution in [1.29, 1.82) is 0 Å². The molecular formula is C28H27N3O3. The number of nitro groups is 1. The smallest absolute Gasteiger partial charge is 0.269 e. The third-order valence-electron chi connectivity index (χ3n) is 6.31. The number of hydrogen-bond acceptors (Lipinski definition) is 4. The third kappa shape index (κ3) is 4.48. The maximum absolute atomic E-state index is 13.3. The summed E-state index contributed by atoms with van der Waals surface area (Å²) in [5.41, 5.74) is 4.63. The molecule has 0 aliphatic rings. The highest BCUT2D eigenvalue weighted by molar-refractivity contribution is 5.95. The molecule has 1 amide bonds. The van der Waals surface area contributed by atoms with Crippen molar-refractivity contribution in [3.63, 3.8) is 0 Å². The topological polar surface area (TPSA) is 66.7 Å². The Balaban J connectivity index is 1.55. The molecule has 6 heteroatoms. The molecule has 1 unspecified atom stereocenters. The first-order chi connectivity index (χ1) is 16.3. The van der Waals surface area contributed by atoms with Crippen LogP contribution in [0.15, 0.2) is 84.9 Å². The Morgan fingerprint density at radius 1 is 0.853 bits per heavy atom. The number of fused-ring (bicyclic) bond motifs is 1. The molecule has 0 N–H and O–H groups in total. The largest absolute Gasteiger partial charge is 0.378 e. The second-order valence-electron chi connectivity index (χ2n) is 8.62. The van der Waals surface area contributed by atoms with Crippen LogP contribution in [0.5, 0.6) is 0 Å². The van der Waals surface area contributed by atoms with E-state index in [1.165, 1.54) is 12.1 Å². The number of rotatable bonds is 6. The van der Waals surface area contributed by atoms with Crippen LogP contribution in [-0.2, 0) is 0 Å². The average Bonchev–Trinajstić information content (AvgIpc) is 2.86. The first kappa shape index (κ1) is 23.0. The van der Waals surface area contributed by atoms with E-state index in [1.54, 1.807) is 29.2 Å². The standard InChI is InChI=1S/C28H27N3O3/c1-19(26-7-5-6-23-18-25(29(2)3)16-17-27(23)26)30(4)28(32)22-10-8-20(9-11-22)21-12-14-24(15-13-21)31(33)34/h5-19H,1-4H3. The molecule has 0 saturated heterocycles. The van der Waals surface area contributed by atoms with Gasteiger partial charge in [-0.3, -0.25) is 14.9 Å². The number of carbonyl (C=O) groups is 1. The summed E-state index contributed by atoms with van der Waals surface area (Å²) in [4.78, 5) is 27.5. The van der Waals surface area contributed by atoms with Crippen LogP contribution in [0.2, 0.25) is 0 Å². The highest BCUT2D eigenvalue weighted by Gasteiger charge is 2.21. The molecule has 6 nitrogen and oxygen atoms in total. The molecule has 34 heavy (non-hydrogen) atoms. The van der Waals surface area contributed by atoms with Crippen molar-refractivity contribution in [3.8, 4) is 11.1 Å². The molecule has 0 heterocycles. The first-order valence-electron chi connectivity index (χ1n) is 11.1. The number of nitrogens with zero attached hydrogens (tertiary/aromatic N) is 3. The number of hydrogen-bond donors (Lipinski definition) is 0. The van der Waals surface area contributed by atoms with Gasteiger partial charge in [0.2, 0.25) is 0 Å². The maximum atomic E-state index is 13.3. The SMILES string of the molecule is CC(c1cccc2cc(N(C)C)ccc12)N(C)C(=O)c1ccc(-c2ccc([N+](=O)[O-])cc2)cc1. The molecule has 4 aromatic rings. The van der Waals surface area contributed by atoms with E-state index >= 15 is 0 Å². The van der Waals surface area contributed by atoms with Crippen LogP contribution in [0.3, 0.4) is 0 Å². The van der Waals surface area contributed by atoms with Crippen molar-refractivity contribution >= 4 is 28.1 Å². The van der Waals surface area contributed by atoms with Gasteiger partial charge in [-0.25, -0.2) is 0 Å². The molecule has 172 valence electrons. The summed E-state index contributed by atoms with van der Waals surface area (Å²) >= 11 is 0. The van der Waals surface area contributed by atoms with E-state index in [1.807, 2.05) is 46.3 Å². The fourth-order valence-electron chi connectivity index (χ4n) is 4.11. The van der Waals surface area contributed by atoms with Gasteiger partial charge in [0.1, 0.15) is 0 Å². The number of carbonyl (C=O) groups excluding carboxylic acids is 1. The van der Waals surface area contributed by atoms with Crippen LogP contribution in [0.4, 0.5) is 11.4 Å². The Hall–Kier alpha value is -4.19. The fourth-order valence-corrected chi connectivity index (χ4v) is 4.11. The molecule has 0 aromatic heterocycles. The predicted octanol–water partition coefficient (Wildman–Crippen LogP) is 6.31. The lowest BCUT2D eigenvalue weighted by Gasteiger charge is -2.27. The normalized spacial score (nSPS) is 11.8. The molecule has 0 radical (unpaired) electrons. The molecule has 1 atom stereocenters. The van der Waals surface area contributed by atoms with Gasteiger partial charge in [-0.1, -0.05) is 36.4 Å². The van der Waals surface area contributed by atoms with E-state index in [0.29, 0.717) is 5.56 Å². The lowest BCUT2D eigenvalue weighted by atomic mass is 9.97. The quantitative estimate of drug-likeness (QED) is 0.253. The molecule has 0 fully saturated rings. The van der Waals surface area contributed by atoms with Crippen LogP contribution in [0.1, 0.15) is 28.9 Å². The zero-order valence-corrected chi connectivity index (χ0v) is 19.7. The summed E-state index contributed by atoms with van der Waals surface area (Å²) < 4.78 is 0. The predicted molar refractivity (Wildman–Crippen MR) is 137 cm³/mol. The summed E-state index contributed by atoms with van der Waals surface area (Å²) in [6.45, 7) is 2.04. The Bertz CT molecular complexity index is 1350. The lowest BCUT2D eigenvalue weighted by molar-refractivity contribution is -0.384. The van der Waals surface area contributed by atoms with Gasteiger partial charge in [-0.2, -0.15) is 0 Å². The number of anilines is 1.